The van der Waals surface area contributed by atoms with Crippen molar-refractivity contribution < 1.29 is 75.2 Å². The first kappa shape index (κ1) is 57.6. The number of para-hydroxylation sites is 1. The molecule has 0 saturated carbocycles. The Labute approximate surface area is 444 Å². The number of amides is 7. The Kier molecular flexibility index (Phi) is 26.8. The SMILES string of the molecule is [2H]CC(=O)OCc1oc(NC(C)=O)nc1C.[2H]NC(=O)OCc1ccc(NC(=O)C(C)C)cc1.[2H]OC(=O)Cc1ccccc1NC(=O)C(C)C.[2H]OC(=O)N(C)CN(C)C(=O)C(C)C.[2H]OCc1ccc(NC(=O)C(C)C)cc1. The first-order chi connectivity index (χ1) is 37.6. The number of hydrogen-bond donors (Lipinski definition) is 8. The number of nitrogens with two attached hydrogens (primary N) is 1. The number of nitrogens with zero attached hydrogens (tertiary/aromatic N) is 3. The molecule has 412 valence electrons. The number of oxazole rings is 1. The lowest BCUT2D eigenvalue weighted by molar-refractivity contribution is -0.143. The van der Waals surface area contributed by atoms with Gasteiger partial charge in [-0.3, -0.25) is 43.8 Å². The Balaban J connectivity index is 0.000000978. The Morgan fingerprint density at radius 2 is 1.25 bits per heavy atom. The minimum atomic E-state index is -0.799. The van der Waals surface area contributed by atoms with E-state index in [0.29, 0.717) is 28.4 Å². The predicted octanol–water partition coefficient (Wildman–Crippen LogP) is 7.23. The van der Waals surface area contributed by atoms with Crippen molar-refractivity contribution in [3.05, 3.63) is 101 Å². The quantitative estimate of drug-likeness (QED) is 0.0360. The van der Waals surface area contributed by atoms with E-state index in [9.17, 15) is 43.2 Å². The van der Waals surface area contributed by atoms with Crippen molar-refractivity contribution in [1.29, 1.82) is 4.29 Å². The number of aliphatic hydroxyl groups is 1. The third-order valence-electron chi connectivity index (χ3n) is 9.31. The van der Waals surface area contributed by atoms with E-state index in [-0.39, 0.29) is 92.1 Å². The highest BCUT2D eigenvalue weighted by Crippen LogP contribution is 2.18. The third-order valence-corrected chi connectivity index (χ3v) is 9.31. The van der Waals surface area contributed by atoms with Crippen molar-refractivity contribution in [1.82, 2.24) is 14.8 Å². The second-order valence-electron chi connectivity index (χ2n) is 17.4. The molecule has 4 aromatic rings. The van der Waals surface area contributed by atoms with E-state index in [1.165, 1.54) is 18.9 Å². The van der Waals surface area contributed by atoms with Crippen LogP contribution in [-0.4, -0.2) is 106 Å². The van der Waals surface area contributed by atoms with Crippen molar-refractivity contribution in [2.45, 2.75) is 102 Å². The molecule has 0 radical (unpaired) electrons. The molecule has 0 atom stereocenters. The van der Waals surface area contributed by atoms with Gasteiger partial charge in [0.1, 0.15) is 6.61 Å². The first-order valence-corrected chi connectivity index (χ1v) is 23.2. The lowest BCUT2D eigenvalue weighted by Crippen LogP contribution is -2.41. The third kappa shape index (κ3) is 29.7. The molecule has 0 unspecified atom stereocenters. The highest BCUT2D eigenvalue weighted by molar-refractivity contribution is 5.94. The van der Waals surface area contributed by atoms with Crippen molar-refractivity contribution in [2.75, 3.05) is 42.0 Å². The van der Waals surface area contributed by atoms with Crippen molar-refractivity contribution in [2.24, 2.45) is 29.4 Å². The molecule has 75 heavy (non-hydrogen) atoms. The van der Waals surface area contributed by atoms with Gasteiger partial charge in [-0.25, -0.2) is 9.59 Å². The van der Waals surface area contributed by atoms with E-state index in [1.807, 2.05) is 39.8 Å². The van der Waals surface area contributed by atoms with Gasteiger partial charge < -0.3 is 55.8 Å². The summed E-state index contributed by atoms with van der Waals surface area (Å²) in [6, 6.07) is 21.2. The molecule has 4 rings (SSSR count). The van der Waals surface area contributed by atoms with Crippen LogP contribution in [0.3, 0.4) is 0 Å². The predicted molar refractivity (Wildman–Crippen MR) is 281 cm³/mol. The van der Waals surface area contributed by atoms with Crippen molar-refractivity contribution in [3.8, 4) is 0 Å². The molecule has 0 bridgehead atoms. The Morgan fingerprint density at radius 1 is 0.707 bits per heavy atom. The van der Waals surface area contributed by atoms with Crippen LogP contribution in [-0.2, 0) is 69.3 Å². The number of aliphatic carboxylic acids is 1. The summed E-state index contributed by atoms with van der Waals surface area (Å²) in [5.41, 5.74) is 6.52. The average molecular weight is 1060 g/mol. The topological polar surface area (TPSA) is 339 Å². The normalized spacial score (nSPS) is 10.8. The number of aromatic nitrogens is 1. The number of benzene rings is 3. The molecule has 0 spiro atoms. The molecule has 0 aliphatic heterocycles. The monoisotopic (exact) mass is 1060 g/mol. The summed E-state index contributed by atoms with van der Waals surface area (Å²) in [6.07, 6.45) is -1.61. The van der Waals surface area contributed by atoms with Crippen LogP contribution in [0.4, 0.5) is 32.7 Å². The van der Waals surface area contributed by atoms with Crippen LogP contribution in [0, 0.1) is 30.6 Å². The molecular formula is C52H74N8O15. The average Bonchev–Trinajstić information content (AvgIpc) is 3.77. The summed E-state index contributed by atoms with van der Waals surface area (Å²) in [5.74, 6) is -1.81. The van der Waals surface area contributed by atoms with Gasteiger partial charge in [-0.15, -0.1) is 0 Å². The number of carboxylic acid groups (broad SMARTS) is 2. The molecule has 0 aliphatic carbocycles. The summed E-state index contributed by atoms with van der Waals surface area (Å²) >= 11 is 0. The highest BCUT2D eigenvalue weighted by Gasteiger charge is 2.17. The molecular weight excluding hydrogens is 977 g/mol. The fourth-order valence-electron chi connectivity index (χ4n) is 5.12. The zero-order chi connectivity index (χ0) is 61.1. The molecule has 0 fully saturated rings. The highest BCUT2D eigenvalue weighted by atomic mass is 16.5. The maximum atomic E-state index is 11.6. The van der Waals surface area contributed by atoms with E-state index in [4.69, 9.17) is 21.0 Å². The molecule has 0 saturated heterocycles. The van der Waals surface area contributed by atoms with Gasteiger partial charge in [-0.2, -0.15) is 4.98 Å². The molecule has 9 N–H and O–H groups in total. The molecule has 23 nitrogen and oxygen atoms in total. The second kappa shape index (κ2) is 34.9. The number of carboxylic acids is 1. The molecule has 1 aromatic heterocycles. The molecule has 7 amide bonds. The molecule has 0 aliphatic rings. The Hall–Kier alpha value is -8.34. The van der Waals surface area contributed by atoms with Crippen LogP contribution in [0.2, 0.25) is 1.41 Å². The van der Waals surface area contributed by atoms with Gasteiger partial charge in [-0.05, 0) is 53.9 Å². The van der Waals surface area contributed by atoms with Gasteiger partial charge in [0.25, 0.3) is 2.86 Å². The number of ether oxygens (including phenoxy) is 2. The maximum absolute atomic E-state index is 11.6. The van der Waals surface area contributed by atoms with Crippen molar-refractivity contribution >= 4 is 76.7 Å². The smallest absolute Gasteiger partial charge is 0.408 e. The standard InChI is InChI=1S/C12H16N2O3.C12H15NO3.C11H15NO2.C9H12N2O4.C8H16N2O3/c1-8(2)11(15)14-10-5-3-9(4-6-10)7-17-12(13)16;1-8(2)12(16)13-10-6-4-3-5-9(10)7-11(14)15;1-8(2)11(14)12-10-5-3-9(7-13)4-6-10;1-5-8(4-14-7(3)13)15-9(10-5)11-6(2)12;1-6(2)7(11)9(3)5-10(4)8(12)13/h3-6,8H,7H2,1-2H3,(H2,13,16)(H,14,15);3-6,8H,7H2,1-2H3,(H,13,16)(H,14,15);3-6,8,13H,7H2,1-2H3,(H,12,14);4H2,1-3H3,(H,10,11,12);6H,5H2,1-4H3,(H,12,13)/i;;13D;3D;/hD3. The second-order valence-corrected chi connectivity index (χ2v) is 17.4. The minimum absolute atomic E-state index is 0.000471. The Morgan fingerprint density at radius 3 is 1.73 bits per heavy atom. The first-order valence-electron chi connectivity index (χ1n) is 25.6. The van der Waals surface area contributed by atoms with Crippen LogP contribution in [0.5, 0.6) is 0 Å². The number of esters is 1. The lowest BCUT2D eigenvalue weighted by Gasteiger charge is -2.23. The number of carbonyl (C=O) groups excluding carboxylic acids is 7. The largest absolute Gasteiger partial charge is 0.481 e. The van der Waals surface area contributed by atoms with Gasteiger partial charge in [0, 0.05) is 70.0 Å². The summed E-state index contributed by atoms with van der Waals surface area (Å²) in [6.45, 7) is 17.4. The van der Waals surface area contributed by atoms with E-state index in [2.05, 4.69) is 41.6 Å². The van der Waals surface area contributed by atoms with E-state index < -0.39 is 31.0 Å². The number of nitrogens with one attached hydrogen (secondary N) is 4. The zero-order valence-corrected chi connectivity index (χ0v) is 44.4. The number of aliphatic hydroxyl groups excluding tert-OH is 1. The van der Waals surface area contributed by atoms with Gasteiger partial charge in [-0.1, -0.05) is 97.9 Å². The number of anilines is 4. The molecule has 1 heterocycles. The maximum Gasteiger partial charge on any atom is 0.408 e. The minimum Gasteiger partial charge on any atom is -0.481 e. The zero-order valence-electron chi connectivity index (χ0n) is 49.4. The van der Waals surface area contributed by atoms with E-state index >= 15 is 0 Å². The number of hydrogen-bond acceptors (Lipinski definition) is 16. The fourth-order valence-corrected chi connectivity index (χ4v) is 5.12. The number of aryl methyl sites for hydroxylation is 1. The lowest BCUT2D eigenvalue weighted by atomic mass is 10.1. The van der Waals surface area contributed by atoms with Gasteiger partial charge in [0.05, 0.1) is 25.4 Å². The van der Waals surface area contributed by atoms with Crippen LogP contribution in [0.15, 0.2) is 77.2 Å². The fraction of sp³-hybridized carbons (Fsp3) is 0.423. The summed E-state index contributed by atoms with van der Waals surface area (Å²) < 4.78 is 47.3. The van der Waals surface area contributed by atoms with Gasteiger partial charge in [0.2, 0.25) is 31.0 Å². The van der Waals surface area contributed by atoms with Crippen LogP contribution < -0.4 is 27.0 Å². The Bertz CT molecular complexity index is 2590. The van der Waals surface area contributed by atoms with Gasteiger partial charge in [0.15, 0.2) is 13.8 Å². The summed E-state index contributed by atoms with van der Waals surface area (Å²) in [7, 11) is 3.05. The van der Waals surface area contributed by atoms with Crippen molar-refractivity contribution in [3.63, 3.8) is 0 Å². The van der Waals surface area contributed by atoms with Gasteiger partial charge >= 0.3 is 30.1 Å². The van der Waals surface area contributed by atoms with E-state index in [1.54, 1.807) is 108 Å². The number of rotatable bonds is 18. The van der Waals surface area contributed by atoms with Crippen LogP contribution in [0.25, 0.3) is 2.86 Å². The van der Waals surface area contributed by atoms with Crippen LogP contribution in [0.1, 0.15) is 98.7 Å². The molecule has 23 heteroatoms. The summed E-state index contributed by atoms with van der Waals surface area (Å²) in [5, 5.41) is 22.5. The number of primary amides is 1. The number of carbonyl (C=O) groups is 9. The van der Waals surface area contributed by atoms with Crippen LogP contribution >= 0.6 is 0 Å². The summed E-state index contributed by atoms with van der Waals surface area (Å²) in [4.78, 5) is 106. The molecule has 3 aromatic carbocycles. The van der Waals surface area contributed by atoms with E-state index in [0.717, 1.165) is 21.7 Å².